The molecule has 3 N–H and O–H groups in total. The van der Waals surface area contributed by atoms with Gasteiger partial charge in [-0.15, -0.1) is 0 Å². The van der Waals surface area contributed by atoms with Crippen LogP contribution in [0.4, 0.5) is 16.0 Å². The molecule has 4 aliphatic rings. The van der Waals surface area contributed by atoms with E-state index < -0.39 is 29.0 Å². The molecule has 6 rings (SSSR count). The van der Waals surface area contributed by atoms with Gasteiger partial charge in [0.2, 0.25) is 5.95 Å². The van der Waals surface area contributed by atoms with Crippen LogP contribution in [-0.2, 0) is 14.9 Å². The zero-order valence-corrected chi connectivity index (χ0v) is 20.3. The standard InChI is InChI=1S/C25H28ClFN4O4/c1-24(2,33)22-25(5-3-4-6-25)13-7-12(8-15(27)20(13)30-22)19-14(26)10-28-23(31-19)29-16-9-18-34-11-17(35-18)21(16)32/h7-8,10,16-18,21,32-33H,3-6,9,11H2,1-2H3,(H,28,29,31)/t16-,17-,18-,21+/m1/s1. The number of nitrogens with one attached hydrogen (secondary N) is 1. The monoisotopic (exact) mass is 502 g/mol. The highest BCUT2D eigenvalue weighted by molar-refractivity contribution is 6.33. The number of aliphatic hydroxyl groups is 2. The van der Waals surface area contributed by atoms with Crippen LogP contribution in [-0.4, -0.2) is 62.6 Å². The molecule has 2 bridgehead atoms. The minimum Gasteiger partial charge on any atom is -0.388 e. The Morgan fingerprint density at radius 3 is 2.77 bits per heavy atom. The summed E-state index contributed by atoms with van der Waals surface area (Å²) in [5.41, 5.74) is 0.943. The molecule has 1 aliphatic carbocycles. The minimum absolute atomic E-state index is 0.277. The van der Waals surface area contributed by atoms with E-state index in [0.717, 1.165) is 31.2 Å². The molecule has 0 unspecified atom stereocenters. The van der Waals surface area contributed by atoms with Gasteiger partial charge in [0.15, 0.2) is 6.29 Å². The number of aliphatic hydroxyl groups excluding tert-OH is 1. The summed E-state index contributed by atoms with van der Waals surface area (Å²) in [7, 11) is 0. The SMILES string of the molecule is CC(C)(O)C1=Nc2c(F)cc(-c3nc(N[C@@H]4C[C@@H]5OC[C@@H](O5)[C@H]4O)ncc3Cl)cc2C12CCCC2. The Kier molecular flexibility index (Phi) is 5.43. The maximum absolute atomic E-state index is 15.4. The molecule has 0 radical (unpaired) electrons. The summed E-state index contributed by atoms with van der Waals surface area (Å²) in [6.07, 6.45) is 3.98. The molecule has 10 heteroatoms. The fraction of sp³-hybridized carbons (Fsp3) is 0.560. The molecule has 8 nitrogen and oxygen atoms in total. The van der Waals surface area contributed by atoms with E-state index in [2.05, 4.69) is 20.3 Å². The number of nitrogens with zero attached hydrogens (tertiary/aromatic N) is 3. The van der Waals surface area contributed by atoms with Gasteiger partial charge in [0.25, 0.3) is 0 Å². The first kappa shape index (κ1) is 23.2. The number of aliphatic imine (C=N–C) groups is 1. The third-order valence-corrected chi connectivity index (χ3v) is 7.91. The van der Waals surface area contributed by atoms with Crippen molar-refractivity contribution < 1.29 is 24.1 Å². The van der Waals surface area contributed by atoms with E-state index in [-0.39, 0.29) is 29.0 Å². The highest BCUT2D eigenvalue weighted by atomic mass is 35.5. The van der Waals surface area contributed by atoms with Crippen molar-refractivity contribution in [3.8, 4) is 11.3 Å². The third kappa shape index (κ3) is 3.76. The van der Waals surface area contributed by atoms with E-state index in [9.17, 15) is 10.2 Å². The van der Waals surface area contributed by atoms with Gasteiger partial charge >= 0.3 is 0 Å². The van der Waals surface area contributed by atoms with Crippen LogP contribution in [0.15, 0.2) is 23.3 Å². The van der Waals surface area contributed by atoms with Crippen LogP contribution < -0.4 is 5.32 Å². The number of aromatic nitrogens is 2. The second kappa shape index (κ2) is 8.18. The molecule has 0 amide bonds. The van der Waals surface area contributed by atoms with Gasteiger partial charge in [0.1, 0.15) is 23.7 Å². The van der Waals surface area contributed by atoms with Crippen LogP contribution in [0.2, 0.25) is 5.02 Å². The molecule has 4 heterocycles. The first-order valence-corrected chi connectivity index (χ1v) is 12.4. The van der Waals surface area contributed by atoms with Crippen molar-refractivity contribution in [2.75, 3.05) is 11.9 Å². The predicted octanol–water partition coefficient (Wildman–Crippen LogP) is 3.89. The summed E-state index contributed by atoms with van der Waals surface area (Å²) < 4.78 is 26.5. The van der Waals surface area contributed by atoms with Crippen molar-refractivity contribution in [1.29, 1.82) is 0 Å². The highest BCUT2D eigenvalue weighted by Crippen LogP contribution is 2.54. The maximum Gasteiger partial charge on any atom is 0.223 e. The lowest BCUT2D eigenvalue weighted by molar-refractivity contribution is -0.123. The van der Waals surface area contributed by atoms with Crippen molar-refractivity contribution in [2.45, 2.75) is 81.5 Å². The van der Waals surface area contributed by atoms with Crippen molar-refractivity contribution in [1.82, 2.24) is 9.97 Å². The molecule has 1 saturated carbocycles. The largest absolute Gasteiger partial charge is 0.388 e. The quantitative estimate of drug-likeness (QED) is 0.582. The molecular weight excluding hydrogens is 475 g/mol. The van der Waals surface area contributed by atoms with Crippen LogP contribution in [0.5, 0.6) is 0 Å². The Hall–Kier alpha value is -2.17. The van der Waals surface area contributed by atoms with Gasteiger partial charge in [-0.25, -0.2) is 14.4 Å². The molecule has 2 aromatic rings. The lowest BCUT2D eigenvalue weighted by atomic mass is 9.71. The normalized spacial score (nSPS) is 28.9. The highest BCUT2D eigenvalue weighted by Gasteiger charge is 2.51. The average Bonchev–Trinajstić information content (AvgIpc) is 3.52. The Labute approximate surface area is 207 Å². The number of ether oxygens (including phenoxy) is 2. The van der Waals surface area contributed by atoms with Crippen LogP contribution in [0.25, 0.3) is 11.3 Å². The van der Waals surface area contributed by atoms with Gasteiger partial charge in [-0.2, -0.15) is 0 Å². The van der Waals surface area contributed by atoms with Gasteiger partial charge in [-0.3, -0.25) is 4.99 Å². The molecule has 3 aliphatic heterocycles. The summed E-state index contributed by atoms with van der Waals surface area (Å²) in [6.45, 7) is 3.76. The van der Waals surface area contributed by atoms with E-state index >= 15 is 4.39 Å². The van der Waals surface area contributed by atoms with Gasteiger partial charge in [-0.05, 0) is 44.4 Å². The average molecular weight is 503 g/mol. The van der Waals surface area contributed by atoms with Gasteiger partial charge in [-0.1, -0.05) is 24.4 Å². The summed E-state index contributed by atoms with van der Waals surface area (Å²) in [5, 5.41) is 24.9. The van der Waals surface area contributed by atoms with Gasteiger partial charge < -0.3 is 25.0 Å². The molecule has 3 fully saturated rings. The van der Waals surface area contributed by atoms with Crippen LogP contribution >= 0.6 is 11.6 Å². The molecule has 1 aromatic heterocycles. The van der Waals surface area contributed by atoms with Crippen molar-refractivity contribution in [3.63, 3.8) is 0 Å². The number of benzene rings is 1. The maximum atomic E-state index is 15.4. The van der Waals surface area contributed by atoms with E-state index in [4.69, 9.17) is 21.1 Å². The number of hydrogen-bond acceptors (Lipinski definition) is 8. The van der Waals surface area contributed by atoms with Crippen molar-refractivity contribution in [3.05, 3.63) is 34.7 Å². The molecule has 1 aromatic carbocycles. The smallest absolute Gasteiger partial charge is 0.223 e. The molecule has 35 heavy (non-hydrogen) atoms. The minimum atomic E-state index is -1.16. The molecule has 186 valence electrons. The molecule has 1 spiro atoms. The Balaban J connectivity index is 1.37. The lowest BCUT2D eigenvalue weighted by Crippen LogP contribution is -2.48. The Bertz CT molecular complexity index is 1210. The van der Waals surface area contributed by atoms with E-state index in [1.165, 1.54) is 12.3 Å². The predicted molar refractivity (Wildman–Crippen MR) is 129 cm³/mol. The fourth-order valence-electron chi connectivity index (χ4n) is 6.10. The van der Waals surface area contributed by atoms with Gasteiger partial charge in [0.05, 0.1) is 40.9 Å². The van der Waals surface area contributed by atoms with Gasteiger partial charge in [0, 0.05) is 17.4 Å². The molecule has 4 atom stereocenters. The second-order valence-corrected chi connectivity index (χ2v) is 10.9. The van der Waals surface area contributed by atoms with Crippen LogP contribution in [0, 0.1) is 5.82 Å². The van der Waals surface area contributed by atoms with Crippen molar-refractivity contribution in [2.24, 2.45) is 4.99 Å². The van der Waals surface area contributed by atoms with Crippen LogP contribution in [0.1, 0.15) is 51.5 Å². The second-order valence-electron chi connectivity index (χ2n) is 10.5. The fourth-order valence-corrected chi connectivity index (χ4v) is 6.30. The third-order valence-electron chi connectivity index (χ3n) is 7.64. The summed E-state index contributed by atoms with van der Waals surface area (Å²) in [4.78, 5) is 13.5. The van der Waals surface area contributed by atoms with E-state index in [0.29, 0.717) is 30.0 Å². The first-order chi connectivity index (χ1) is 16.7. The first-order valence-electron chi connectivity index (χ1n) is 12.1. The summed E-state index contributed by atoms with van der Waals surface area (Å²) in [5.74, 6) is -0.194. The summed E-state index contributed by atoms with van der Waals surface area (Å²) >= 11 is 6.48. The Morgan fingerprint density at radius 2 is 2.03 bits per heavy atom. The van der Waals surface area contributed by atoms with Crippen LogP contribution in [0.3, 0.4) is 0 Å². The topological polar surface area (TPSA) is 109 Å². The van der Waals surface area contributed by atoms with Crippen molar-refractivity contribution >= 4 is 28.9 Å². The number of halogens is 2. The van der Waals surface area contributed by atoms with E-state index in [1.807, 2.05) is 6.07 Å². The number of fused-ring (bicyclic) bond motifs is 4. The zero-order valence-electron chi connectivity index (χ0n) is 19.6. The van der Waals surface area contributed by atoms with E-state index in [1.54, 1.807) is 13.8 Å². The summed E-state index contributed by atoms with van der Waals surface area (Å²) in [6, 6.07) is 2.94. The zero-order chi connectivity index (χ0) is 24.5. The Morgan fingerprint density at radius 1 is 1.26 bits per heavy atom. The number of hydrogen-bond donors (Lipinski definition) is 3. The lowest BCUT2D eigenvalue weighted by Gasteiger charge is -2.33. The number of rotatable bonds is 4. The molecule has 2 saturated heterocycles. The number of anilines is 1. The molecular formula is C25H28ClFN4O4.